The Morgan fingerprint density at radius 2 is 2.00 bits per heavy atom. The van der Waals surface area contributed by atoms with Crippen LogP contribution in [0.4, 0.5) is 0 Å². The molecule has 0 saturated carbocycles. The van der Waals surface area contributed by atoms with E-state index in [-0.39, 0.29) is 12.4 Å². The first-order valence-electron chi connectivity index (χ1n) is 3.52. The van der Waals surface area contributed by atoms with Gasteiger partial charge in [0.15, 0.2) is 5.78 Å². The van der Waals surface area contributed by atoms with Crippen molar-refractivity contribution < 1.29 is 15.0 Å². The van der Waals surface area contributed by atoms with Crippen molar-refractivity contribution in [3.8, 4) is 0 Å². The first-order valence-corrected chi connectivity index (χ1v) is 3.52. The molecule has 0 heterocycles. The Morgan fingerprint density at radius 1 is 1.33 bits per heavy atom. The van der Waals surface area contributed by atoms with Crippen LogP contribution < -0.4 is 0 Å². The van der Waals surface area contributed by atoms with Crippen LogP contribution in [0.1, 0.15) is 6.42 Å². The quantitative estimate of drug-likeness (QED) is 0.367. The van der Waals surface area contributed by atoms with Crippen LogP contribution in [0.2, 0.25) is 0 Å². The number of aliphatic hydroxyl groups excluding tert-OH is 2. The third kappa shape index (κ3) is 5.44. The molecule has 0 aromatic heterocycles. The Labute approximate surface area is 71.3 Å². The van der Waals surface area contributed by atoms with Gasteiger partial charge in [-0.05, 0) is 12.5 Å². The minimum atomic E-state index is -0.309. The van der Waals surface area contributed by atoms with Crippen LogP contribution in [0.5, 0.6) is 0 Å². The molecule has 0 bridgehead atoms. The molecule has 0 atom stereocenters. The molecule has 0 aliphatic rings. The molecule has 3 heteroatoms. The van der Waals surface area contributed by atoms with Crippen molar-refractivity contribution in [3.05, 3.63) is 36.6 Å². The molecular weight excluding hydrogens is 156 g/mol. The highest BCUT2D eigenvalue weighted by atomic mass is 16.3. The number of hydrogen-bond donors (Lipinski definition) is 2. The maximum absolute atomic E-state index is 10.7. The van der Waals surface area contributed by atoms with Gasteiger partial charge in [0.25, 0.3) is 0 Å². The predicted octanol–water partition coefficient (Wildman–Crippen LogP) is 1.12. The second-order valence-corrected chi connectivity index (χ2v) is 2.18. The third-order valence-electron chi connectivity index (χ3n) is 1.16. The van der Waals surface area contributed by atoms with E-state index >= 15 is 0 Å². The fraction of sp³-hybridized carbons (Fsp3) is 0.222. The number of ketones is 1. The summed E-state index contributed by atoms with van der Waals surface area (Å²) in [5.41, 5.74) is 0.678. The van der Waals surface area contributed by atoms with Crippen LogP contribution in [0.3, 0.4) is 0 Å². The van der Waals surface area contributed by atoms with E-state index in [1.54, 1.807) is 0 Å². The molecule has 12 heavy (non-hydrogen) atoms. The van der Waals surface area contributed by atoms with E-state index in [2.05, 4.69) is 6.58 Å². The molecule has 0 unspecified atom stereocenters. The first kappa shape index (κ1) is 10.7. The zero-order chi connectivity index (χ0) is 9.40. The fourth-order valence-corrected chi connectivity index (χ4v) is 0.556. The molecule has 66 valence electrons. The lowest BCUT2D eigenvalue weighted by molar-refractivity contribution is -0.110. The van der Waals surface area contributed by atoms with Crippen LogP contribution in [-0.2, 0) is 4.79 Å². The summed E-state index contributed by atoms with van der Waals surface area (Å²) in [5, 5.41) is 16.7. The minimum Gasteiger partial charge on any atom is -0.515 e. The second-order valence-electron chi connectivity index (χ2n) is 2.18. The molecule has 0 aliphatic heterocycles. The highest BCUT2D eigenvalue weighted by molar-refractivity contribution is 5.99. The first-order chi connectivity index (χ1) is 5.70. The monoisotopic (exact) mass is 168 g/mol. The van der Waals surface area contributed by atoms with E-state index in [1.165, 1.54) is 12.2 Å². The molecule has 0 radical (unpaired) electrons. The average Bonchev–Trinajstić information content (AvgIpc) is 2.02. The lowest BCUT2D eigenvalue weighted by atomic mass is 10.2. The van der Waals surface area contributed by atoms with Crippen LogP contribution in [0, 0.1) is 0 Å². The topological polar surface area (TPSA) is 57.5 Å². The van der Waals surface area contributed by atoms with Gasteiger partial charge < -0.3 is 10.2 Å². The van der Waals surface area contributed by atoms with Gasteiger partial charge in [0.1, 0.15) is 0 Å². The summed E-state index contributed by atoms with van der Waals surface area (Å²) in [6.07, 6.45) is 4.96. The number of allylic oxidation sites excluding steroid dienone is 3. The fourth-order valence-electron chi connectivity index (χ4n) is 0.556. The summed E-state index contributed by atoms with van der Waals surface area (Å²) >= 11 is 0. The van der Waals surface area contributed by atoms with Crippen molar-refractivity contribution >= 4 is 5.78 Å². The summed E-state index contributed by atoms with van der Waals surface area (Å²) in [5.74, 6) is -0.309. The molecular formula is C9H12O3. The molecule has 0 amide bonds. The van der Waals surface area contributed by atoms with Crippen molar-refractivity contribution in [3.63, 3.8) is 0 Å². The van der Waals surface area contributed by atoms with Crippen LogP contribution in [0.25, 0.3) is 0 Å². The normalized spacial score (nSPS) is 11.1. The number of carbonyl (C=O) groups is 1. The molecule has 0 aliphatic carbocycles. The van der Waals surface area contributed by atoms with Crippen LogP contribution in [0.15, 0.2) is 36.6 Å². The molecule has 0 aromatic carbocycles. The largest absolute Gasteiger partial charge is 0.515 e. The van der Waals surface area contributed by atoms with E-state index in [0.717, 1.165) is 6.08 Å². The summed E-state index contributed by atoms with van der Waals surface area (Å²) in [6, 6.07) is 0. The number of rotatable bonds is 5. The van der Waals surface area contributed by atoms with E-state index in [9.17, 15) is 4.79 Å². The Morgan fingerprint density at radius 3 is 2.50 bits per heavy atom. The number of hydrogen-bond acceptors (Lipinski definition) is 3. The lowest BCUT2D eigenvalue weighted by Gasteiger charge is -1.92. The average molecular weight is 168 g/mol. The van der Waals surface area contributed by atoms with Crippen molar-refractivity contribution in [1.29, 1.82) is 0 Å². The SMILES string of the molecule is C=C(/C=C\C(=O)C=CO)CCO. The van der Waals surface area contributed by atoms with Gasteiger partial charge in [-0.2, -0.15) is 0 Å². The van der Waals surface area contributed by atoms with Gasteiger partial charge in [0.2, 0.25) is 0 Å². The molecule has 0 rings (SSSR count). The van der Waals surface area contributed by atoms with Gasteiger partial charge in [0, 0.05) is 12.7 Å². The Hall–Kier alpha value is -1.35. The van der Waals surface area contributed by atoms with E-state index in [4.69, 9.17) is 10.2 Å². The Balaban J connectivity index is 3.89. The van der Waals surface area contributed by atoms with Crippen molar-refractivity contribution in [2.45, 2.75) is 6.42 Å². The standard InChI is InChI=1S/C9H12O3/c1-8(4-6-10)2-3-9(12)5-7-11/h2-3,5,7,10-11H,1,4,6H2/b3-2-,7-5?. The van der Waals surface area contributed by atoms with Gasteiger partial charge in [-0.15, -0.1) is 0 Å². The number of carbonyl (C=O) groups excluding carboxylic acids is 1. The Bertz CT molecular complexity index is 214. The summed E-state index contributed by atoms with van der Waals surface area (Å²) < 4.78 is 0. The second kappa shape index (κ2) is 6.37. The van der Waals surface area contributed by atoms with E-state index in [0.29, 0.717) is 18.3 Å². The molecule has 0 fully saturated rings. The summed E-state index contributed by atoms with van der Waals surface area (Å²) in [4.78, 5) is 10.7. The number of aliphatic hydroxyl groups is 2. The van der Waals surface area contributed by atoms with Crippen LogP contribution >= 0.6 is 0 Å². The zero-order valence-electron chi connectivity index (χ0n) is 6.73. The van der Waals surface area contributed by atoms with Gasteiger partial charge in [-0.1, -0.05) is 18.2 Å². The molecule has 3 nitrogen and oxygen atoms in total. The minimum absolute atomic E-state index is 0.0210. The van der Waals surface area contributed by atoms with Gasteiger partial charge in [-0.3, -0.25) is 4.79 Å². The smallest absolute Gasteiger partial charge is 0.181 e. The highest BCUT2D eigenvalue weighted by Gasteiger charge is 1.89. The lowest BCUT2D eigenvalue weighted by Crippen LogP contribution is -1.87. The third-order valence-corrected chi connectivity index (χ3v) is 1.16. The van der Waals surface area contributed by atoms with Crippen molar-refractivity contribution in [1.82, 2.24) is 0 Å². The Kier molecular flexibility index (Phi) is 5.65. The van der Waals surface area contributed by atoms with Crippen molar-refractivity contribution in [2.75, 3.05) is 6.61 Å². The molecule has 0 aromatic rings. The highest BCUT2D eigenvalue weighted by Crippen LogP contribution is 1.98. The van der Waals surface area contributed by atoms with Gasteiger partial charge >= 0.3 is 0 Å². The van der Waals surface area contributed by atoms with Gasteiger partial charge in [-0.25, -0.2) is 0 Å². The zero-order valence-corrected chi connectivity index (χ0v) is 6.73. The predicted molar refractivity (Wildman–Crippen MR) is 46.8 cm³/mol. The van der Waals surface area contributed by atoms with E-state index < -0.39 is 0 Å². The maximum Gasteiger partial charge on any atom is 0.181 e. The molecule has 2 N–H and O–H groups in total. The van der Waals surface area contributed by atoms with Crippen molar-refractivity contribution in [2.24, 2.45) is 0 Å². The summed E-state index contributed by atoms with van der Waals surface area (Å²) in [6.45, 7) is 3.61. The maximum atomic E-state index is 10.7. The molecule has 0 spiro atoms. The van der Waals surface area contributed by atoms with Crippen LogP contribution in [-0.4, -0.2) is 22.6 Å². The van der Waals surface area contributed by atoms with E-state index in [1.807, 2.05) is 0 Å². The van der Waals surface area contributed by atoms with Gasteiger partial charge in [0.05, 0.1) is 6.26 Å². The molecule has 0 saturated heterocycles. The summed E-state index contributed by atoms with van der Waals surface area (Å²) in [7, 11) is 0.